The van der Waals surface area contributed by atoms with Gasteiger partial charge in [0.1, 0.15) is 0 Å². The summed E-state index contributed by atoms with van der Waals surface area (Å²) >= 11 is 0. The molecular formula is C13H14ClN3O3S. The number of halogens is 1. The number of aromatic amines is 1. The van der Waals surface area contributed by atoms with Crippen molar-refractivity contribution in [2.45, 2.75) is 25.7 Å². The van der Waals surface area contributed by atoms with Gasteiger partial charge in [-0.2, -0.15) is 5.10 Å². The van der Waals surface area contributed by atoms with E-state index >= 15 is 0 Å². The third-order valence-electron chi connectivity index (χ3n) is 3.10. The first-order chi connectivity index (χ1) is 9.70. The fraction of sp³-hybridized carbons (Fsp3) is 0.231. The van der Waals surface area contributed by atoms with E-state index in [1.54, 1.807) is 20.8 Å². The first-order valence-electron chi connectivity index (χ1n) is 6.07. The van der Waals surface area contributed by atoms with E-state index in [-0.39, 0.29) is 10.8 Å². The molecule has 2 rings (SSSR count). The van der Waals surface area contributed by atoms with Gasteiger partial charge in [0.05, 0.1) is 16.7 Å². The predicted octanol–water partition coefficient (Wildman–Crippen LogP) is 2.51. The monoisotopic (exact) mass is 327 g/mol. The highest BCUT2D eigenvalue weighted by molar-refractivity contribution is 8.13. The van der Waals surface area contributed by atoms with Crippen molar-refractivity contribution in [3.8, 4) is 0 Å². The quantitative estimate of drug-likeness (QED) is 0.847. The van der Waals surface area contributed by atoms with Gasteiger partial charge in [-0.1, -0.05) is 0 Å². The van der Waals surface area contributed by atoms with Gasteiger partial charge >= 0.3 is 0 Å². The Morgan fingerprint density at radius 2 is 1.81 bits per heavy atom. The fourth-order valence-corrected chi connectivity index (χ4v) is 2.92. The molecule has 0 fully saturated rings. The standard InChI is InChI=1S/C13H14ClN3O3S/c1-7-4-10(21(14,19)20)5-8(2)12(7)16-13(18)11-6-15-17-9(11)3/h4-6H,1-3H3,(H,15,17)(H,16,18). The van der Waals surface area contributed by atoms with Crippen LogP contribution in [0, 0.1) is 20.8 Å². The molecule has 0 saturated carbocycles. The van der Waals surface area contributed by atoms with Crippen LogP contribution in [-0.4, -0.2) is 24.5 Å². The highest BCUT2D eigenvalue weighted by atomic mass is 35.7. The molecule has 0 aliphatic rings. The van der Waals surface area contributed by atoms with Crippen LogP contribution in [0.2, 0.25) is 0 Å². The predicted molar refractivity (Wildman–Crippen MR) is 80.2 cm³/mol. The summed E-state index contributed by atoms with van der Waals surface area (Å²) in [4.78, 5) is 12.2. The minimum Gasteiger partial charge on any atom is -0.321 e. The molecule has 0 aliphatic heterocycles. The molecule has 0 spiro atoms. The summed E-state index contributed by atoms with van der Waals surface area (Å²) < 4.78 is 22.7. The normalized spacial score (nSPS) is 11.4. The summed E-state index contributed by atoms with van der Waals surface area (Å²) in [5.41, 5.74) is 2.88. The largest absolute Gasteiger partial charge is 0.321 e. The lowest BCUT2D eigenvalue weighted by Gasteiger charge is -2.12. The average Bonchev–Trinajstić information content (AvgIpc) is 2.78. The molecule has 0 saturated heterocycles. The second-order valence-corrected chi connectivity index (χ2v) is 7.30. The lowest BCUT2D eigenvalue weighted by Crippen LogP contribution is -2.14. The third-order valence-corrected chi connectivity index (χ3v) is 4.43. The second-order valence-electron chi connectivity index (χ2n) is 4.73. The van der Waals surface area contributed by atoms with Crippen molar-refractivity contribution >= 4 is 31.3 Å². The molecule has 0 bridgehead atoms. The molecule has 8 heteroatoms. The van der Waals surface area contributed by atoms with Gasteiger partial charge in [-0.3, -0.25) is 9.89 Å². The number of rotatable bonds is 3. The van der Waals surface area contributed by atoms with Gasteiger partial charge in [-0.15, -0.1) is 0 Å². The van der Waals surface area contributed by atoms with Crippen molar-refractivity contribution in [3.05, 3.63) is 40.7 Å². The zero-order chi connectivity index (χ0) is 15.8. The Kier molecular flexibility index (Phi) is 4.06. The van der Waals surface area contributed by atoms with E-state index in [2.05, 4.69) is 15.5 Å². The molecule has 2 N–H and O–H groups in total. The Morgan fingerprint density at radius 3 is 2.24 bits per heavy atom. The number of amides is 1. The second kappa shape index (κ2) is 5.50. The maximum Gasteiger partial charge on any atom is 0.261 e. The van der Waals surface area contributed by atoms with Gasteiger partial charge in [-0.05, 0) is 44.0 Å². The molecule has 1 heterocycles. The van der Waals surface area contributed by atoms with Crippen LogP contribution < -0.4 is 5.32 Å². The third kappa shape index (κ3) is 3.25. The van der Waals surface area contributed by atoms with Gasteiger partial charge in [0.25, 0.3) is 15.0 Å². The number of benzene rings is 1. The summed E-state index contributed by atoms with van der Waals surface area (Å²) in [7, 11) is 1.54. The lowest BCUT2D eigenvalue weighted by atomic mass is 10.1. The number of aryl methyl sites for hydroxylation is 3. The molecule has 0 aliphatic carbocycles. The van der Waals surface area contributed by atoms with Crippen molar-refractivity contribution in [2.75, 3.05) is 5.32 Å². The Balaban J connectivity index is 2.38. The summed E-state index contributed by atoms with van der Waals surface area (Å²) in [6.07, 6.45) is 1.44. The molecule has 1 amide bonds. The fourth-order valence-electron chi connectivity index (χ4n) is 2.02. The molecule has 0 unspecified atom stereocenters. The van der Waals surface area contributed by atoms with Gasteiger partial charge in [0, 0.05) is 22.1 Å². The van der Waals surface area contributed by atoms with Gasteiger partial charge in [-0.25, -0.2) is 8.42 Å². The van der Waals surface area contributed by atoms with Crippen molar-refractivity contribution in [2.24, 2.45) is 0 Å². The number of anilines is 1. The minimum absolute atomic E-state index is 0.0108. The van der Waals surface area contributed by atoms with Crippen LogP contribution >= 0.6 is 10.7 Å². The van der Waals surface area contributed by atoms with Gasteiger partial charge in [0.15, 0.2) is 0 Å². The van der Waals surface area contributed by atoms with Crippen molar-refractivity contribution in [3.63, 3.8) is 0 Å². The molecule has 21 heavy (non-hydrogen) atoms. The van der Waals surface area contributed by atoms with Gasteiger partial charge < -0.3 is 5.32 Å². The number of carbonyl (C=O) groups excluding carboxylic acids is 1. The van der Waals surface area contributed by atoms with E-state index in [1.807, 2.05) is 0 Å². The Hall–Kier alpha value is -1.86. The zero-order valence-corrected chi connectivity index (χ0v) is 13.3. The van der Waals surface area contributed by atoms with Crippen LogP contribution in [0.15, 0.2) is 23.2 Å². The van der Waals surface area contributed by atoms with Gasteiger partial charge in [0.2, 0.25) is 0 Å². The molecule has 6 nitrogen and oxygen atoms in total. The summed E-state index contributed by atoms with van der Waals surface area (Å²) in [5, 5.41) is 9.24. The molecular weight excluding hydrogens is 314 g/mol. The maximum atomic E-state index is 12.2. The molecule has 0 radical (unpaired) electrons. The SMILES string of the molecule is Cc1cc(S(=O)(=O)Cl)cc(C)c1NC(=O)c1cn[nH]c1C. The van der Waals surface area contributed by atoms with E-state index < -0.39 is 9.05 Å². The number of nitrogens with one attached hydrogen (secondary N) is 2. The first kappa shape index (κ1) is 15.5. The maximum absolute atomic E-state index is 12.2. The minimum atomic E-state index is -3.80. The van der Waals surface area contributed by atoms with Crippen molar-refractivity contribution in [1.82, 2.24) is 10.2 Å². The van der Waals surface area contributed by atoms with Crippen molar-refractivity contribution < 1.29 is 13.2 Å². The smallest absolute Gasteiger partial charge is 0.261 e. The molecule has 0 atom stereocenters. The highest BCUT2D eigenvalue weighted by Gasteiger charge is 2.17. The molecule has 1 aromatic carbocycles. The number of aromatic nitrogens is 2. The Morgan fingerprint density at radius 1 is 1.24 bits per heavy atom. The van der Waals surface area contributed by atoms with E-state index in [0.717, 1.165) is 0 Å². The Bertz CT molecular complexity index is 789. The first-order valence-corrected chi connectivity index (χ1v) is 8.38. The molecule has 1 aromatic heterocycles. The molecule has 112 valence electrons. The van der Waals surface area contributed by atoms with Crippen LogP contribution in [0.4, 0.5) is 5.69 Å². The highest BCUT2D eigenvalue weighted by Crippen LogP contribution is 2.27. The zero-order valence-electron chi connectivity index (χ0n) is 11.7. The lowest BCUT2D eigenvalue weighted by molar-refractivity contribution is 0.102. The number of nitrogens with zero attached hydrogens (tertiary/aromatic N) is 1. The summed E-state index contributed by atoms with van der Waals surface area (Å²) in [6, 6.07) is 2.85. The number of H-pyrrole nitrogens is 1. The van der Waals surface area contributed by atoms with Crippen LogP contribution in [0.3, 0.4) is 0 Å². The van der Waals surface area contributed by atoms with Crippen LogP contribution in [-0.2, 0) is 9.05 Å². The number of hydrogen-bond donors (Lipinski definition) is 2. The number of carbonyl (C=O) groups is 1. The van der Waals surface area contributed by atoms with Crippen molar-refractivity contribution in [1.29, 1.82) is 0 Å². The van der Waals surface area contributed by atoms with E-state index in [4.69, 9.17) is 10.7 Å². The summed E-state index contributed by atoms with van der Waals surface area (Å²) in [5.74, 6) is -0.311. The number of hydrogen-bond acceptors (Lipinski definition) is 4. The van der Waals surface area contributed by atoms with Crippen LogP contribution in [0.5, 0.6) is 0 Å². The van der Waals surface area contributed by atoms with E-state index in [1.165, 1.54) is 18.3 Å². The van der Waals surface area contributed by atoms with E-state index in [0.29, 0.717) is 28.1 Å². The van der Waals surface area contributed by atoms with E-state index in [9.17, 15) is 13.2 Å². The van der Waals surface area contributed by atoms with Crippen LogP contribution in [0.1, 0.15) is 27.2 Å². The summed E-state index contributed by atoms with van der Waals surface area (Å²) in [6.45, 7) is 5.15. The Labute approximate surface area is 126 Å². The topological polar surface area (TPSA) is 91.9 Å². The average molecular weight is 328 g/mol. The van der Waals surface area contributed by atoms with Crippen LogP contribution in [0.25, 0.3) is 0 Å². The molecule has 2 aromatic rings.